The Bertz CT molecular complexity index is 592. The van der Waals surface area contributed by atoms with Gasteiger partial charge in [0.1, 0.15) is 5.75 Å². The summed E-state index contributed by atoms with van der Waals surface area (Å²) in [5.74, 6) is 0.764. The lowest BCUT2D eigenvalue weighted by atomic mass is 10.1. The van der Waals surface area contributed by atoms with E-state index in [-0.39, 0.29) is 12.6 Å². The van der Waals surface area contributed by atoms with E-state index in [1.807, 2.05) is 36.4 Å². The molecule has 106 valence electrons. The van der Waals surface area contributed by atoms with E-state index in [4.69, 9.17) is 16.3 Å². The maximum atomic E-state index is 9.59. The molecular formula is C15H15BrClNO2. The molecule has 1 unspecified atom stereocenters. The van der Waals surface area contributed by atoms with Crippen LogP contribution in [0.1, 0.15) is 11.6 Å². The van der Waals surface area contributed by atoms with Crippen molar-refractivity contribution in [3.8, 4) is 5.75 Å². The van der Waals surface area contributed by atoms with Crippen LogP contribution in [0.4, 0.5) is 5.69 Å². The van der Waals surface area contributed by atoms with E-state index in [9.17, 15) is 5.11 Å². The average molecular weight is 357 g/mol. The lowest BCUT2D eigenvalue weighted by molar-refractivity contribution is 0.276. The van der Waals surface area contributed by atoms with Crippen LogP contribution in [0, 0.1) is 0 Å². The third-order valence-corrected chi connectivity index (χ3v) is 4.15. The Kier molecular flexibility index (Phi) is 5.29. The van der Waals surface area contributed by atoms with Crippen molar-refractivity contribution in [2.75, 3.05) is 19.0 Å². The molecule has 0 aliphatic rings. The number of ether oxygens (including phenoxy) is 1. The predicted octanol–water partition coefficient (Wildman–Crippen LogP) is 4.26. The van der Waals surface area contributed by atoms with E-state index in [0.29, 0.717) is 5.02 Å². The molecule has 0 bridgehead atoms. The minimum atomic E-state index is -0.210. The van der Waals surface area contributed by atoms with Crippen LogP contribution < -0.4 is 10.1 Å². The number of nitrogens with one attached hydrogen (secondary N) is 1. The van der Waals surface area contributed by atoms with E-state index < -0.39 is 0 Å². The minimum absolute atomic E-state index is 0.0204. The van der Waals surface area contributed by atoms with Gasteiger partial charge in [-0.05, 0) is 51.8 Å². The van der Waals surface area contributed by atoms with Gasteiger partial charge in [-0.2, -0.15) is 0 Å². The SMILES string of the molecule is COc1cccc(C(CO)Nc2ccc(Cl)c(Br)c2)c1. The second kappa shape index (κ2) is 6.97. The first kappa shape index (κ1) is 15.2. The maximum absolute atomic E-state index is 9.59. The number of aliphatic hydroxyl groups is 1. The molecule has 0 radical (unpaired) electrons. The molecule has 0 aromatic heterocycles. The van der Waals surface area contributed by atoms with Gasteiger partial charge < -0.3 is 15.2 Å². The van der Waals surface area contributed by atoms with Gasteiger partial charge in [0, 0.05) is 10.2 Å². The molecule has 0 heterocycles. The van der Waals surface area contributed by atoms with Crippen molar-refractivity contribution in [2.24, 2.45) is 0 Å². The first-order chi connectivity index (χ1) is 9.63. The lowest BCUT2D eigenvalue weighted by Gasteiger charge is -2.19. The number of aliphatic hydroxyl groups excluding tert-OH is 1. The zero-order valence-corrected chi connectivity index (χ0v) is 13.3. The van der Waals surface area contributed by atoms with Crippen LogP contribution in [0.25, 0.3) is 0 Å². The number of anilines is 1. The van der Waals surface area contributed by atoms with Crippen LogP contribution in [0.2, 0.25) is 5.02 Å². The zero-order valence-electron chi connectivity index (χ0n) is 10.9. The van der Waals surface area contributed by atoms with Crippen molar-refractivity contribution in [3.05, 3.63) is 57.5 Å². The number of methoxy groups -OCH3 is 1. The van der Waals surface area contributed by atoms with Gasteiger partial charge in [-0.25, -0.2) is 0 Å². The van der Waals surface area contributed by atoms with Crippen LogP contribution >= 0.6 is 27.5 Å². The highest BCUT2D eigenvalue weighted by molar-refractivity contribution is 9.10. The molecule has 0 aliphatic heterocycles. The second-order valence-electron chi connectivity index (χ2n) is 4.28. The van der Waals surface area contributed by atoms with Crippen molar-refractivity contribution >= 4 is 33.2 Å². The summed E-state index contributed by atoms with van der Waals surface area (Å²) in [5.41, 5.74) is 1.83. The number of hydrogen-bond acceptors (Lipinski definition) is 3. The van der Waals surface area contributed by atoms with Gasteiger partial charge in [-0.3, -0.25) is 0 Å². The number of hydrogen-bond donors (Lipinski definition) is 2. The molecule has 0 saturated carbocycles. The summed E-state index contributed by atoms with van der Waals surface area (Å²) in [6.45, 7) is -0.0204. The fraction of sp³-hybridized carbons (Fsp3) is 0.200. The summed E-state index contributed by atoms with van der Waals surface area (Å²) >= 11 is 9.35. The molecule has 0 amide bonds. The Morgan fingerprint density at radius 2 is 2.10 bits per heavy atom. The Balaban J connectivity index is 2.21. The standard InChI is InChI=1S/C15H15BrClNO2/c1-20-12-4-2-3-10(7-12)15(9-19)18-11-5-6-14(17)13(16)8-11/h2-8,15,18-19H,9H2,1H3. The van der Waals surface area contributed by atoms with Crippen LogP contribution in [0.3, 0.4) is 0 Å². The summed E-state index contributed by atoms with van der Waals surface area (Å²) < 4.78 is 6.01. The van der Waals surface area contributed by atoms with Gasteiger partial charge in [-0.15, -0.1) is 0 Å². The van der Waals surface area contributed by atoms with Crippen molar-refractivity contribution in [2.45, 2.75) is 6.04 Å². The molecule has 0 spiro atoms. The van der Waals surface area contributed by atoms with Crippen molar-refractivity contribution in [1.29, 1.82) is 0 Å². The third-order valence-electron chi connectivity index (χ3n) is 2.94. The Labute approximate surface area is 131 Å². The number of rotatable bonds is 5. The molecule has 3 nitrogen and oxygen atoms in total. The monoisotopic (exact) mass is 355 g/mol. The third kappa shape index (κ3) is 3.66. The van der Waals surface area contributed by atoms with Gasteiger partial charge >= 0.3 is 0 Å². The van der Waals surface area contributed by atoms with Crippen molar-refractivity contribution in [1.82, 2.24) is 0 Å². The van der Waals surface area contributed by atoms with E-state index in [1.54, 1.807) is 13.2 Å². The van der Waals surface area contributed by atoms with E-state index in [2.05, 4.69) is 21.2 Å². The molecule has 5 heteroatoms. The van der Waals surface area contributed by atoms with Crippen LogP contribution in [-0.4, -0.2) is 18.8 Å². The van der Waals surface area contributed by atoms with Gasteiger partial charge in [0.25, 0.3) is 0 Å². The largest absolute Gasteiger partial charge is 0.497 e. The number of halogens is 2. The first-order valence-corrected chi connectivity index (χ1v) is 7.27. The highest BCUT2D eigenvalue weighted by atomic mass is 79.9. The summed E-state index contributed by atoms with van der Waals surface area (Å²) in [7, 11) is 1.62. The van der Waals surface area contributed by atoms with E-state index >= 15 is 0 Å². The average Bonchev–Trinajstić information content (AvgIpc) is 2.48. The minimum Gasteiger partial charge on any atom is -0.497 e. The fourth-order valence-electron chi connectivity index (χ4n) is 1.88. The molecule has 0 fully saturated rings. The highest BCUT2D eigenvalue weighted by Gasteiger charge is 2.11. The summed E-state index contributed by atoms with van der Waals surface area (Å²) in [6, 6.07) is 13.0. The Morgan fingerprint density at radius 1 is 1.30 bits per heavy atom. The van der Waals surface area contributed by atoms with Crippen molar-refractivity contribution in [3.63, 3.8) is 0 Å². The Hall–Kier alpha value is -1.23. The van der Waals surface area contributed by atoms with Gasteiger partial charge in [-0.1, -0.05) is 23.7 Å². The van der Waals surface area contributed by atoms with Crippen LogP contribution in [0.15, 0.2) is 46.9 Å². The molecule has 0 saturated heterocycles. The summed E-state index contributed by atoms with van der Waals surface area (Å²) in [4.78, 5) is 0. The quantitative estimate of drug-likeness (QED) is 0.841. The molecular weight excluding hydrogens is 342 g/mol. The zero-order chi connectivity index (χ0) is 14.5. The predicted molar refractivity (Wildman–Crippen MR) is 85.6 cm³/mol. The van der Waals surface area contributed by atoms with Crippen LogP contribution in [0.5, 0.6) is 5.75 Å². The molecule has 2 rings (SSSR count). The highest BCUT2D eigenvalue weighted by Crippen LogP contribution is 2.28. The molecule has 0 aliphatic carbocycles. The van der Waals surface area contributed by atoms with Crippen molar-refractivity contribution < 1.29 is 9.84 Å². The number of benzene rings is 2. The second-order valence-corrected chi connectivity index (χ2v) is 5.55. The van der Waals surface area contributed by atoms with E-state index in [0.717, 1.165) is 21.5 Å². The fourth-order valence-corrected chi connectivity index (χ4v) is 2.38. The summed E-state index contributed by atoms with van der Waals surface area (Å²) in [6.07, 6.45) is 0. The first-order valence-electron chi connectivity index (χ1n) is 6.10. The molecule has 2 aromatic rings. The van der Waals surface area contributed by atoms with Gasteiger partial charge in [0.15, 0.2) is 0 Å². The van der Waals surface area contributed by atoms with Gasteiger partial charge in [0.05, 0.1) is 24.8 Å². The van der Waals surface area contributed by atoms with Gasteiger partial charge in [0.2, 0.25) is 0 Å². The molecule has 2 N–H and O–H groups in total. The topological polar surface area (TPSA) is 41.5 Å². The molecule has 2 aromatic carbocycles. The lowest BCUT2D eigenvalue weighted by Crippen LogP contribution is -2.14. The smallest absolute Gasteiger partial charge is 0.119 e. The molecule has 1 atom stereocenters. The summed E-state index contributed by atoms with van der Waals surface area (Å²) in [5, 5.41) is 13.5. The normalized spacial score (nSPS) is 12.0. The maximum Gasteiger partial charge on any atom is 0.119 e. The Morgan fingerprint density at radius 3 is 2.75 bits per heavy atom. The molecule has 20 heavy (non-hydrogen) atoms. The van der Waals surface area contributed by atoms with E-state index in [1.165, 1.54) is 0 Å². The van der Waals surface area contributed by atoms with Crippen LogP contribution in [-0.2, 0) is 0 Å².